The normalized spacial score (nSPS) is 18.1. The largest absolute Gasteiger partial charge is 0.491 e. The molecule has 0 saturated carbocycles. The Labute approximate surface area is 257 Å². The van der Waals surface area contributed by atoms with Crippen molar-refractivity contribution in [1.82, 2.24) is 0 Å². The van der Waals surface area contributed by atoms with Crippen LogP contribution in [0, 0.1) is 6.92 Å². The summed E-state index contributed by atoms with van der Waals surface area (Å²) in [6.45, 7) is 6.67. The standard InChI is InChI=1S/C32H23Cl4NO4/c1-15(2)39-22-14-24-20(12-16(22)3)32(26-25(31(38)41-32)27(33)29(35)30(36)28(26)34)19-9-8-18(13-23(19)40-24)37-11-10-17-6-4-5-7-21(17)37/h4-9,12-15H,10-11H2,1-3H3. The molecule has 0 saturated heterocycles. The van der Waals surface area contributed by atoms with E-state index in [9.17, 15) is 4.79 Å². The summed E-state index contributed by atoms with van der Waals surface area (Å²) in [6.07, 6.45) is 0.881. The van der Waals surface area contributed by atoms with Crippen LogP contribution < -0.4 is 14.4 Å². The third-order valence-electron chi connectivity index (χ3n) is 7.85. The van der Waals surface area contributed by atoms with Gasteiger partial charge in [0.2, 0.25) is 0 Å². The molecular formula is C32H23Cl4NO4. The zero-order valence-corrected chi connectivity index (χ0v) is 25.3. The van der Waals surface area contributed by atoms with Crippen molar-refractivity contribution in [2.45, 2.75) is 38.9 Å². The number of para-hydroxylation sites is 1. The molecule has 3 aliphatic rings. The molecule has 5 nitrogen and oxygen atoms in total. The van der Waals surface area contributed by atoms with E-state index in [1.165, 1.54) is 5.56 Å². The van der Waals surface area contributed by atoms with Crippen LogP contribution in [0.5, 0.6) is 17.2 Å². The van der Waals surface area contributed by atoms with Crippen LogP contribution in [-0.2, 0) is 16.8 Å². The molecule has 1 atom stereocenters. The zero-order valence-electron chi connectivity index (χ0n) is 22.3. The molecule has 0 radical (unpaired) electrons. The van der Waals surface area contributed by atoms with Crippen LogP contribution in [0.4, 0.5) is 11.4 Å². The highest BCUT2D eigenvalue weighted by Gasteiger charge is 2.56. The average molecular weight is 627 g/mol. The van der Waals surface area contributed by atoms with E-state index in [1.54, 1.807) is 0 Å². The summed E-state index contributed by atoms with van der Waals surface area (Å²) in [4.78, 5) is 15.8. The number of halogens is 4. The van der Waals surface area contributed by atoms with Crippen molar-refractivity contribution in [3.63, 3.8) is 0 Å². The van der Waals surface area contributed by atoms with Gasteiger partial charge in [-0.05, 0) is 62.6 Å². The summed E-state index contributed by atoms with van der Waals surface area (Å²) in [7, 11) is 0. The molecule has 0 amide bonds. The molecule has 1 unspecified atom stereocenters. The summed E-state index contributed by atoms with van der Waals surface area (Å²) >= 11 is 26.5. The molecule has 3 aliphatic heterocycles. The minimum atomic E-state index is -1.48. The third-order valence-corrected chi connectivity index (χ3v) is 9.65. The number of fused-ring (bicyclic) bond motifs is 7. The van der Waals surface area contributed by atoms with Crippen LogP contribution in [-0.4, -0.2) is 18.6 Å². The molecule has 0 aromatic heterocycles. The van der Waals surface area contributed by atoms with E-state index in [0.29, 0.717) is 33.9 Å². The first-order chi connectivity index (χ1) is 19.6. The highest BCUT2D eigenvalue weighted by molar-refractivity contribution is 6.53. The molecule has 41 heavy (non-hydrogen) atoms. The van der Waals surface area contributed by atoms with Crippen LogP contribution in [0.2, 0.25) is 20.1 Å². The van der Waals surface area contributed by atoms with Crippen LogP contribution in [0.25, 0.3) is 0 Å². The lowest BCUT2D eigenvalue weighted by atomic mass is 9.77. The number of esters is 1. The fourth-order valence-electron chi connectivity index (χ4n) is 6.11. The van der Waals surface area contributed by atoms with Gasteiger partial charge in [-0.25, -0.2) is 4.79 Å². The summed E-state index contributed by atoms with van der Waals surface area (Å²) in [5.74, 6) is 0.987. The lowest BCUT2D eigenvalue weighted by molar-refractivity contribution is 0.0224. The maximum Gasteiger partial charge on any atom is 0.341 e. The molecule has 0 fully saturated rings. The Morgan fingerprint density at radius 2 is 1.63 bits per heavy atom. The number of anilines is 2. The number of hydrogen-bond acceptors (Lipinski definition) is 5. The number of rotatable bonds is 3. The van der Waals surface area contributed by atoms with Crippen molar-refractivity contribution in [1.29, 1.82) is 0 Å². The maximum atomic E-state index is 13.6. The van der Waals surface area contributed by atoms with Crippen LogP contribution in [0.1, 0.15) is 52.0 Å². The Bertz CT molecular complexity index is 1800. The van der Waals surface area contributed by atoms with Crippen LogP contribution in [0.15, 0.2) is 54.6 Å². The van der Waals surface area contributed by atoms with Crippen LogP contribution >= 0.6 is 46.4 Å². The fraction of sp³-hybridized carbons (Fsp3) is 0.219. The number of ether oxygens (including phenoxy) is 3. The molecule has 7 rings (SSSR count). The number of hydrogen-bond donors (Lipinski definition) is 0. The van der Waals surface area contributed by atoms with E-state index in [1.807, 2.05) is 57.2 Å². The number of benzene rings is 4. The number of nitrogens with zero attached hydrogens (tertiary/aromatic N) is 1. The van der Waals surface area contributed by atoms with Gasteiger partial charge in [-0.15, -0.1) is 0 Å². The molecule has 208 valence electrons. The van der Waals surface area contributed by atoms with Gasteiger partial charge >= 0.3 is 5.97 Å². The van der Waals surface area contributed by atoms with Gasteiger partial charge in [0, 0.05) is 46.7 Å². The smallest absolute Gasteiger partial charge is 0.341 e. The Morgan fingerprint density at radius 1 is 0.902 bits per heavy atom. The Hall–Kier alpha value is -3.09. The molecule has 3 heterocycles. The third kappa shape index (κ3) is 3.79. The lowest BCUT2D eigenvalue weighted by Gasteiger charge is -2.38. The number of carbonyl (C=O) groups is 1. The first-order valence-corrected chi connectivity index (χ1v) is 14.7. The van der Waals surface area contributed by atoms with Gasteiger partial charge in [0.1, 0.15) is 17.2 Å². The van der Waals surface area contributed by atoms with Gasteiger partial charge in [-0.3, -0.25) is 0 Å². The van der Waals surface area contributed by atoms with Gasteiger partial charge < -0.3 is 19.1 Å². The van der Waals surface area contributed by atoms with Crippen molar-refractivity contribution >= 4 is 63.7 Å². The Morgan fingerprint density at radius 3 is 2.41 bits per heavy atom. The summed E-state index contributed by atoms with van der Waals surface area (Å²) < 4.78 is 19.0. The Kier molecular flexibility index (Phi) is 6.18. The van der Waals surface area contributed by atoms with Crippen molar-refractivity contribution in [3.05, 3.63) is 108 Å². The van der Waals surface area contributed by atoms with E-state index in [4.69, 9.17) is 60.6 Å². The van der Waals surface area contributed by atoms with Crippen molar-refractivity contribution in [2.24, 2.45) is 0 Å². The van der Waals surface area contributed by atoms with Gasteiger partial charge in [-0.1, -0.05) is 64.6 Å². The SMILES string of the molecule is Cc1cc2c(cc1OC(C)C)Oc1cc(N3CCc4ccccc43)ccc1C21OC(=O)c2c(Cl)c(Cl)c(Cl)c(Cl)c21. The molecular weight excluding hydrogens is 604 g/mol. The second kappa shape index (κ2) is 9.47. The first-order valence-electron chi connectivity index (χ1n) is 13.2. The molecule has 0 N–H and O–H groups in total. The minimum absolute atomic E-state index is 0.00139. The lowest BCUT2D eigenvalue weighted by Crippen LogP contribution is -2.33. The second-order valence-corrected chi connectivity index (χ2v) is 12.2. The number of aryl methyl sites for hydroxylation is 1. The van der Waals surface area contributed by atoms with Gasteiger partial charge in [0.25, 0.3) is 0 Å². The van der Waals surface area contributed by atoms with E-state index < -0.39 is 11.6 Å². The van der Waals surface area contributed by atoms with Crippen molar-refractivity contribution < 1.29 is 19.0 Å². The average Bonchev–Trinajstić information content (AvgIpc) is 3.51. The van der Waals surface area contributed by atoms with Crippen molar-refractivity contribution in [2.75, 3.05) is 11.4 Å². The number of carbonyl (C=O) groups excluding carboxylic acids is 1. The molecule has 9 heteroatoms. The van der Waals surface area contributed by atoms with E-state index in [0.717, 1.165) is 29.9 Å². The van der Waals surface area contributed by atoms with Crippen LogP contribution in [0.3, 0.4) is 0 Å². The summed E-state index contributed by atoms with van der Waals surface area (Å²) in [5.41, 5.74) is 4.34. The van der Waals surface area contributed by atoms with Gasteiger partial charge in [-0.2, -0.15) is 0 Å². The van der Waals surface area contributed by atoms with E-state index >= 15 is 0 Å². The second-order valence-electron chi connectivity index (χ2n) is 10.7. The zero-order chi connectivity index (χ0) is 28.8. The highest BCUT2D eigenvalue weighted by atomic mass is 35.5. The monoisotopic (exact) mass is 625 g/mol. The minimum Gasteiger partial charge on any atom is -0.491 e. The van der Waals surface area contributed by atoms with Crippen molar-refractivity contribution in [3.8, 4) is 17.2 Å². The first kappa shape index (κ1) is 26.8. The Balaban J connectivity index is 1.50. The molecule has 0 aliphatic carbocycles. The van der Waals surface area contributed by atoms with Gasteiger partial charge in [0.15, 0.2) is 5.60 Å². The topological polar surface area (TPSA) is 48.0 Å². The fourth-order valence-corrected chi connectivity index (χ4v) is 7.17. The summed E-state index contributed by atoms with van der Waals surface area (Å²) in [6, 6.07) is 17.9. The quantitative estimate of drug-likeness (QED) is 0.129. The predicted octanol–water partition coefficient (Wildman–Crippen LogP) is 9.66. The van der Waals surface area contributed by atoms with E-state index in [-0.39, 0.29) is 31.8 Å². The summed E-state index contributed by atoms with van der Waals surface area (Å²) in [5, 5.41) is 0.136. The highest BCUT2D eigenvalue weighted by Crippen LogP contribution is 2.61. The maximum absolute atomic E-state index is 13.6. The molecule has 0 bridgehead atoms. The molecule has 4 aromatic carbocycles. The molecule has 4 aromatic rings. The van der Waals surface area contributed by atoms with E-state index in [2.05, 4.69) is 23.1 Å². The van der Waals surface area contributed by atoms with Gasteiger partial charge in [0.05, 0.1) is 31.8 Å². The molecule has 1 spiro atoms. The predicted molar refractivity (Wildman–Crippen MR) is 162 cm³/mol.